The average Bonchev–Trinajstić information content (AvgIpc) is 2.46. The minimum atomic E-state index is -0.365. The van der Waals surface area contributed by atoms with Gasteiger partial charge >= 0.3 is 0 Å². The average molecular weight is 277 g/mol. The molecule has 0 aliphatic carbocycles. The van der Waals surface area contributed by atoms with E-state index < -0.39 is 0 Å². The molecular weight excluding hydrogens is 254 g/mol. The van der Waals surface area contributed by atoms with Gasteiger partial charge in [-0.2, -0.15) is 0 Å². The van der Waals surface area contributed by atoms with Crippen LogP contribution in [0.1, 0.15) is 31.7 Å². The Morgan fingerprint density at radius 1 is 1.25 bits per heavy atom. The van der Waals surface area contributed by atoms with Crippen molar-refractivity contribution in [3.8, 4) is 0 Å². The van der Waals surface area contributed by atoms with Crippen LogP contribution in [0.25, 0.3) is 0 Å². The predicted molar refractivity (Wildman–Crippen MR) is 79.7 cm³/mol. The minimum absolute atomic E-state index is 0.148. The third-order valence-corrected chi connectivity index (χ3v) is 3.78. The topological polar surface area (TPSA) is 58.4 Å². The van der Waals surface area contributed by atoms with Crippen molar-refractivity contribution in [2.24, 2.45) is 0 Å². The van der Waals surface area contributed by atoms with E-state index in [1.165, 1.54) is 32.4 Å². The number of nitrogens with zero attached hydrogens (tertiary/aromatic N) is 2. The zero-order valence-corrected chi connectivity index (χ0v) is 12.0. The highest BCUT2D eigenvalue weighted by Gasteiger charge is 2.13. The van der Waals surface area contributed by atoms with Gasteiger partial charge in [0.05, 0.1) is 4.92 Å². The fourth-order valence-electron chi connectivity index (χ4n) is 2.62. The van der Waals surface area contributed by atoms with Gasteiger partial charge in [0.25, 0.3) is 5.69 Å². The molecule has 20 heavy (non-hydrogen) atoms. The molecule has 1 saturated heterocycles. The van der Waals surface area contributed by atoms with E-state index in [2.05, 4.69) is 17.1 Å². The summed E-state index contributed by atoms with van der Waals surface area (Å²) in [5.74, 6) is 0. The third kappa shape index (κ3) is 4.58. The van der Waals surface area contributed by atoms with Crippen molar-refractivity contribution < 1.29 is 4.92 Å². The quantitative estimate of drug-likeness (QED) is 0.641. The fourth-order valence-corrected chi connectivity index (χ4v) is 2.62. The van der Waals surface area contributed by atoms with Gasteiger partial charge in [-0.05, 0) is 38.4 Å². The van der Waals surface area contributed by atoms with Gasteiger partial charge in [0, 0.05) is 31.3 Å². The van der Waals surface area contributed by atoms with Crippen molar-refractivity contribution >= 4 is 5.69 Å². The molecule has 1 aliphatic heterocycles. The van der Waals surface area contributed by atoms with Gasteiger partial charge in [0.1, 0.15) is 0 Å². The maximum absolute atomic E-state index is 10.6. The summed E-state index contributed by atoms with van der Waals surface area (Å²) in [6.07, 6.45) is 3.99. The van der Waals surface area contributed by atoms with Crippen LogP contribution in [0.15, 0.2) is 24.3 Å². The normalized spacial score (nSPS) is 17.9. The maximum Gasteiger partial charge on any atom is 0.269 e. The maximum atomic E-state index is 10.6. The van der Waals surface area contributed by atoms with Crippen LogP contribution in [0.3, 0.4) is 0 Å². The fraction of sp³-hybridized carbons (Fsp3) is 0.600. The number of non-ortho nitro benzene ring substituents is 1. The molecule has 0 aromatic heterocycles. The summed E-state index contributed by atoms with van der Waals surface area (Å²) in [5, 5.41) is 14.1. The van der Waals surface area contributed by atoms with E-state index in [-0.39, 0.29) is 10.6 Å². The second-order valence-corrected chi connectivity index (χ2v) is 5.57. The molecule has 2 rings (SSSR count). The first-order valence-corrected chi connectivity index (χ1v) is 7.34. The summed E-state index contributed by atoms with van der Waals surface area (Å²) in [6.45, 7) is 6.45. The molecule has 0 spiro atoms. The van der Waals surface area contributed by atoms with E-state index in [0.29, 0.717) is 6.04 Å². The number of nitro benzene ring substituents is 1. The Morgan fingerprint density at radius 2 is 1.90 bits per heavy atom. The summed E-state index contributed by atoms with van der Waals surface area (Å²) < 4.78 is 0. The Bertz CT molecular complexity index is 427. The summed E-state index contributed by atoms with van der Waals surface area (Å²) in [6, 6.07) is 7.19. The first-order valence-electron chi connectivity index (χ1n) is 7.34. The van der Waals surface area contributed by atoms with Crippen molar-refractivity contribution in [2.75, 3.05) is 19.6 Å². The lowest BCUT2D eigenvalue weighted by atomic mass is 10.1. The van der Waals surface area contributed by atoms with E-state index >= 15 is 0 Å². The Balaban J connectivity index is 1.74. The van der Waals surface area contributed by atoms with Crippen LogP contribution >= 0.6 is 0 Å². The van der Waals surface area contributed by atoms with Gasteiger partial charge in [-0.3, -0.25) is 10.1 Å². The van der Waals surface area contributed by atoms with Crippen LogP contribution in [0.5, 0.6) is 0 Å². The SMILES string of the molecule is CC(CN1CCCCC1)NCc1ccc([N+](=O)[O-])cc1. The van der Waals surface area contributed by atoms with Gasteiger partial charge in [0.2, 0.25) is 0 Å². The van der Waals surface area contributed by atoms with Crippen LogP contribution in [0.2, 0.25) is 0 Å². The van der Waals surface area contributed by atoms with Crippen molar-refractivity contribution in [3.63, 3.8) is 0 Å². The van der Waals surface area contributed by atoms with E-state index in [0.717, 1.165) is 18.7 Å². The van der Waals surface area contributed by atoms with Gasteiger partial charge < -0.3 is 10.2 Å². The number of rotatable bonds is 6. The number of piperidine rings is 1. The standard InChI is InChI=1S/C15H23N3O2/c1-13(12-17-9-3-2-4-10-17)16-11-14-5-7-15(8-6-14)18(19)20/h5-8,13,16H,2-4,9-12H2,1H3. The molecule has 5 nitrogen and oxygen atoms in total. The number of benzene rings is 1. The predicted octanol–water partition coefficient (Wildman–Crippen LogP) is 2.56. The Kier molecular flexibility index (Phi) is 5.49. The van der Waals surface area contributed by atoms with Crippen molar-refractivity contribution in [1.29, 1.82) is 0 Å². The van der Waals surface area contributed by atoms with E-state index in [1.54, 1.807) is 12.1 Å². The molecule has 0 radical (unpaired) electrons. The van der Waals surface area contributed by atoms with Gasteiger partial charge in [-0.25, -0.2) is 0 Å². The molecule has 0 bridgehead atoms. The first-order chi connectivity index (χ1) is 9.65. The van der Waals surface area contributed by atoms with Gasteiger partial charge in [-0.1, -0.05) is 18.6 Å². The third-order valence-electron chi connectivity index (χ3n) is 3.78. The van der Waals surface area contributed by atoms with E-state index in [9.17, 15) is 10.1 Å². The minimum Gasteiger partial charge on any atom is -0.309 e. The molecule has 1 aromatic carbocycles. The molecule has 5 heteroatoms. The van der Waals surface area contributed by atoms with Crippen LogP contribution in [-0.4, -0.2) is 35.5 Å². The number of nitro groups is 1. The summed E-state index contributed by atoms with van der Waals surface area (Å²) in [5.41, 5.74) is 1.23. The monoisotopic (exact) mass is 277 g/mol. The molecule has 1 fully saturated rings. The molecule has 0 amide bonds. The molecule has 1 heterocycles. The second kappa shape index (κ2) is 7.36. The molecule has 110 valence electrons. The lowest BCUT2D eigenvalue weighted by Crippen LogP contribution is -2.41. The van der Waals surface area contributed by atoms with Gasteiger partial charge in [-0.15, -0.1) is 0 Å². The van der Waals surface area contributed by atoms with Gasteiger partial charge in [0.15, 0.2) is 0 Å². The summed E-state index contributed by atoms with van der Waals surface area (Å²) in [4.78, 5) is 12.7. The molecule has 1 aliphatic rings. The molecule has 1 N–H and O–H groups in total. The lowest BCUT2D eigenvalue weighted by Gasteiger charge is -2.29. The largest absolute Gasteiger partial charge is 0.309 e. The van der Waals surface area contributed by atoms with Crippen molar-refractivity contribution in [1.82, 2.24) is 10.2 Å². The first kappa shape index (κ1) is 14.9. The summed E-state index contributed by atoms with van der Waals surface area (Å²) >= 11 is 0. The van der Waals surface area contributed by atoms with Crippen LogP contribution < -0.4 is 5.32 Å². The van der Waals surface area contributed by atoms with E-state index in [4.69, 9.17) is 0 Å². The highest BCUT2D eigenvalue weighted by Crippen LogP contribution is 2.12. The number of likely N-dealkylation sites (tertiary alicyclic amines) is 1. The molecule has 1 atom stereocenters. The molecule has 1 unspecified atom stereocenters. The highest BCUT2D eigenvalue weighted by atomic mass is 16.6. The van der Waals surface area contributed by atoms with Crippen LogP contribution in [0, 0.1) is 10.1 Å². The molecule has 0 saturated carbocycles. The molecular formula is C15H23N3O2. The van der Waals surface area contributed by atoms with Crippen molar-refractivity contribution in [2.45, 2.75) is 38.8 Å². The number of hydrogen-bond acceptors (Lipinski definition) is 4. The number of nitrogens with one attached hydrogen (secondary N) is 1. The summed E-state index contributed by atoms with van der Waals surface area (Å²) in [7, 11) is 0. The zero-order chi connectivity index (χ0) is 14.4. The highest BCUT2D eigenvalue weighted by molar-refractivity contribution is 5.32. The second-order valence-electron chi connectivity index (χ2n) is 5.57. The smallest absolute Gasteiger partial charge is 0.269 e. The zero-order valence-electron chi connectivity index (χ0n) is 12.0. The Morgan fingerprint density at radius 3 is 2.50 bits per heavy atom. The van der Waals surface area contributed by atoms with Crippen molar-refractivity contribution in [3.05, 3.63) is 39.9 Å². The van der Waals surface area contributed by atoms with E-state index in [1.807, 2.05) is 12.1 Å². The Labute approximate surface area is 120 Å². The number of hydrogen-bond donors (Lipinski definition) is 1. The lowest BCUT2D eigenvalue weighted by molar-refractivity contribution is -0.384. The van der Waals surface area contributed by atoms with Crippen LogP contribution in [0.4, 0.5) is 5.69 Å². The van der Waals surface area contributed by atoms with Crippen LogP contribution in [-0.2, 0) is 6.54 Å². The molecule has 1 aromatic rings. The Hall–Kier alpha value is -1.46.